The minimum atomic E-state index is -0.730. The fourth-order valence-corrected chi connectivity index (χ4v) is 0.355. The molecule has 0 fully saturated rings. The first-order valence-electron chi connectivity index (χ1n) is 4.20. The van der Waals surface area contributed by atoms with Gasteiger partial charge in [-0.25, -0.2) is 0 Å². The van der Waals surface area contributed by atoms with Gasteiger partial charge in [0, 0.05) is 6.54 Å². The lowest BCUT2D eigenvalue weighted by Crippen LogP contribution is -2.36. The Balaban J connectivity index is 0. The fraction of sp³-hybridized carbons (Fsp3) is 0.875. The molecule has 0 spiro atoms. The third-order valence-corrected chi connectivity index (χ3v) is 1.73. The van der Waals surface area contributed by atoms with Crippen molar-refractivity contribution in [2.75, 3.05) is 6.54 Å². The van der Waals surface area contributed by atoms with Crippen molar-refractivity contribution in [2.24, 2.45) is 21.7 Å². The summed E-state index contributed by atoms with van der Waals surface area (Å²) in [7, 11) is 0. The number of rotatable bonds is 4. The van der Waals surface area contributed by atoms with Crippen LogP contribution in [0.3, 0.4) is 0 Å². The van der Waals surface area contributed by atoms with Gasteiger partial charge in [-0.15, -0.1) is 0 Å². The van der Waals surface area contributed by atoms with E-state index >= 15 is 0 Å². The van der Waals surface area contributed by atoms with Crippen LogP contribution in [-0.2, 0) is 0 Å². The van der Waals surface area contributed by atoms with Crippen molar-refractivity contribution in [2.45, 2.75) is 38.8 Å². The van der Waals surface area contributed by atoms with Gasteiger partial charge >= 0.3 is 0 Å². The normalized spacial score (nSPS) is 12.6. The molecule has 0 aromatic rings. The first-order valence-corrected chi connectivity index (χ1v) is 4.20. The van der Waals surface area contributed by atoms with Crippen LogP contribution in [0.15, 0.2) is 10.2 Å². The molecule has 0 aromatic carbocycles. The quantitative estimate of drug-likeness (QED) is 0.308. The molecule has 0 radical (unpaired) electrons. The summed E-state index contributed by atoms with van der Waals surface area (Å²) < 4.78 is 0. The maximum Gasteiger partial charge on any atom is 0.132 e. The van der Waals surface area contributed by atoms with Crippen molar-refractivity contribution in [3.8, 4) is 0 Å². The maximum atomic E-state index is 7.25. The molecule has 14 heavy (non-hydrogen) atoms. The summed E-state index contributed by atoms with van der Waals surface area (Å²) in [6.45, 7) is 7.67. The van der Waals surface area contributed by atoms with Crippen LogP contribution >= 0.6 is 0 Å². The molecule has 6 heteroatoms. The minimum absolute atomic E-state index is 0. The molecule has 0 amide bonds. The highest BCUT2D eigenvalue weighted by molar-refractivity contribution is 5.86. The zero-order chi connectivity index (χ0) is 10.7. The Morgan fingerprint density at radius 3 is 1.93 bits per heavy atom. The number of hydrogen-bond acceptors (Lipinski definition) is 5. The number of nitrogens with one attached hydrogen (secondary N) is 1. The van der Waals surface area contributed by atoms with Crippen LogP contribution in [0.4, 0.5) is 0 Å². The van der Waals surface area contributed by atoms with E-state index < -0.39 is 5.54 Å². The predicted octanol–water partition coefficient (Wildman–Crippen LogP) is 1.05. The SMILES string of the molecule is CC(C)(CN)N=NC(C)(C)C(=N)N.N. The van der Waals surface area contributed by atoms with Crippen LogP contribution in [0.1, 0.15) is 27.7 Å². The van der Waals surface area contributed by atoms with Crippen molar-refractivity contribution in [3.63, 3.8) is 0 Å². The van der Waals surface area contributed by atoms with E-state index in [2.05, 4.69) is 10.2 Å². The molecule has 0 aromatic heterocycles. The second-order valence-corrected chi connectivity index (χ2v) is 4.19. The Morgan fingerprint density at radius 1 is 1.21 bits per heavy atom. The molecule has 0 aliphatic carbocycles. The molecule has 0 bridgehead atoms. The Bertz CT molecular complexity index is 218. The number of nitrogens with zero attached hydrogens (tertiary/aromatic N) is 2. The lowest BCUT2D eigenvalue weighted by molar-refractivity contribution is 0.472. The van der Waals surface area contributed by atoms with E-state index in [0.717, 1.165) is 0 Å². The highest BCUT2D eigenvalue weighted by atomic mass is 15.2. The number of azo groups is 1. The second-order valence-electron chi connectivity index (χ2n) is 4.19. The third kappa shape index (κ3) is 4.88. The molecule has 0 saturated carbocycles. The van der Waals surface area contributed by atoms with E-state index in [4.69, 9.17) is 16.9 Å². The Hall–Kier alpha value is -1.01. The van der Waals surface area contributed by atoms with Gasteiger partial charge in [-0.2, -0.15) is 10.2 Å². The molecular weight excluding hydrogens is 180 g/mol. The van der Waals surface area contributed by atoms with Crippen LogP contribution in [0, 0.1) is 5.41 Å². The second kappa shape index (κ2) is 5.02. The molecule has 0 atom stereocenters. The van der Waals surface area contributed by atoms with Crippen LogP contribution in [0.25, 0.3) is 0 Å². The Labute approximate surface area is 85.2 Å². The van der Waals surface area contributed by atoms with Gasteiger partial charge in [-0.1, -0.05) is 0 Å². The smallest absolute Gasteiger partial charge is 0.132 e. The van der Waals surface area contributed by atoms with E-state index in [1.165, 1.54) is 0 Å². The van der Waals surface area contributed by atoms with Gasteiger partial charge in [0.15, 0.2) is 0 Å². The van der Waals surface area contributed by atoms with Crippen molar-refractivity contribution in [3.05, 3.63) is 0 Å². The molecule has 8 N–H and O–H groups in total. The molecule has 0 aliphatic rings. The number of amidine groups is 1. The summed E-state index contributed by atoms with van der Waals surface area (Å²) in [4.78, 5) is 0. The summed E-state index contributed by atoms with van der Waals surface area (Å²) in [5.41, 5.74) is 9.70. The highest BCUT2D eigenvalue weighted by Gasteiger charge is 2.22. The van der Waals surface area contributed by atoms with Crippen molar-refractivity contribution >= 4 is 5.84 Å². The van der Waals surface area contributed by atoms with Crippen LogP contribution in [-0.4, -0.2) is 23.5 Å². The van der Waals surface area contributed by atoms with Crippen LogP contribution in [0.5, 0.6) is 0 Å². The van der Waals surface area contributed by atoms with Crippen LogP contribution < -0.4 is 17.6 Å². The van der Waals surface area contributed by atoms with E-state index in [0.29, 0.717) is 6.54 Å². The van der Waals surface area contributed by atoms with E-state index in [-0.39, 0.29) is 17.5 Å². The van der Waals surface area contributed by atoms with Crippen molar-refractivity contribution < 1.29 is 0 Å². The zero-order valence-electron chi connectivity index (χ0n) is 9.46. The third-order valence-electron chi connectivity index (χ3n) is 1.73. The van der Waals surface area contributed by atoms with E-state index in [1.807, 2.05) is 13.8 Å². The average molecular weight is 202 g/mol. The molecular formula is C8H22N6. The molecule has 0 saturated heterocycles. The minimum Gasteiger partial charge on any atom is -0.386 e. The summed E-state index contributed by atoms with van der Waals surface area (Å²) in [6, 6.07) is 0. The molecule has 0 heterocycles. The van der Waals surface area contributed by atoms with Crippen LogP contribution in [0.2, 0.25) is 0 Å². The number of nitrogens with two attached hydrogens (primary N) is 2. The van der Waals surface area contributed by atoms with E-state index in [1.54, 1.807) is 13.8 Å². The van der Waals surface area contributed by atoms with Gasteiger partial charge in [-0.3, -0.25) is 5.41 Å². The molecule has 0 aliphatic heterocycles. The Kier molecular flexibility index (Phi) is 5.54. The summed E-state index contributed by atoms with van der Waals surface area (Å²) >= 11 is 0. The molecule has 0 unspecified atom stereocenters. The Morgan fingerprint density at radius 2 is 1.64 bits per heavy atom. The monoisotopic (exact) mass is 202 g/mol. The fourth-order valence-electron chi connectivity index (χ4n) is 0.355. The first kappa shape index (κ1) is 15.5. The zero-order valence-corrected chi connectivity index (χ0v) is 9.46. The molecule has 6 nitrogen and oxygen atoms in total. The van der Waals surface area contributed by atoms with Gasteiger partial charge in [-0.05, 0) is 27.7 Å². The standard InChI is InChI=1S/C8H19N5.H3N/c1-7(2,5-9)12-13-8(3,4)6(10)11;/h5,9H2,1-4H3,(H3,10,11);1H3. The van der Waals surface area contributed by atoms with E-state index in [9.17, 15) is 0 Å². The lowest BCUT2D eigenvalue weighted by atomic mass is 10.1. The summed E-state index contributed by atoms with van der Waals surface area (Å²) in [5.74, 6) is 0.00377. The van der Waals surface area contributed by atoms with Crippen molar-refractivity contribution in [1.29, 1.82) is 5.41 Å². The lowest BCUT2D eigenvalue weighted by Gasteiger charge is -2.20. The summed E-state index contributed by atoms with van der Waals surface area (Å²) in [5, 5.41) is 15.3. The highest BCUT2D eigenvalue weighted by Crippen LogP contribution is 2.14. The largest absolute Gasteiger partial charge is 0.386 e. The van der Waals surface area contributed by atoms with Gasteiger partial charge in [0.1, 0.15) is 11.4 Å². The van der Waals surface area contributed by atoms with Crippen molar-refractivity contribution in [1.82, 2.24) is 6.15 Å². The van der Waals surface area contributed by atoms with Gasteiger partial charge in [0.05, 0.1) is 5.54 Å². The van der Waals surface area contributed by atoms with Gasteiger partial charge in [0.2, 0.25) is 0 Å². The first-order chi connectivity index (χ1) is 5.71. The predicted molar refractivity (Wildman–Crippen MR) is 59.0 cm³/mol. The summed E-state index contributed by atoms with van der Waals surface area (Å²) in [6.07, 6.45) is 0. The molecule has 0 rings (SSSR count). The average Bonchev–Trinajstić information content (AvgIpc) is 2.01. The van der Waals surface area contributed by atoms with Gasteiger partial charge < -0.3 is 17.6 Å². The van der Waals surface area contributed by atoms with Gasteiger partial charge in [0.25, 0.3) is 0 Å². The number of hydrogen-bond donors (Lipinski definition) is 4. The maximum absolute atomic E-state index is 7.25. The molecule has 84 valence electrons. The topological polar surface area (TPSA) is 136 Å².